The summed E-state index contributed by atoms with van der Waals surface area (Å²) >= 11 is 11.8. The number of benzene rings is 1. The lowest BCUT2D eigenvalue weighted by molar-refractivity contribution is 0.291. The van der Waals surface area contributed by atoms with Crippen LogP contribution in [0.3, 0.4) is 0 Å². The second-order valence-electron chi connectivity index (χ2n) is 5.42. The molecule has 2 aromatic rings. The molecule has 0 spiro atoms. The molecule has 0 fully saturated rings. The Labute approximate surface area is 130 Å². The summed E-state index contributed by atoms with van der Waals surface area (Å²) in [5.74, 6) is 0.989. The summed E-state index contributed by atoms with van der Waals surface area (Å²) in [4.78, 5) is 1.15. The van der Waals surface area contributed by atoms with Gasteiger partial charge in [0.25, 0.3) is 0 Å². The molecule has 100 valence electrons. The molecule has 0 saturated carbocycles. The molecule has 1 aromatic carbocycles. The van der Waals surface area contributed by atoms with Crippen molar-refractivity contribution in [1.82, 2.24) is 0 Å². The third-order valence-electron chi connectivity index (χ3n) is 3.49. The van der Waals surface area contributed by atoms with E-state index >= 15 is 0 Å². The van der Waals surface area contributed by atoms with E-state index in [0.29, 0.717) is 0 Å². The van der Waals surface area contributed by atoms with Gasteiger partial charge in [-0.05, 0) is 45.1 Å². The van der Waals surface area contributed by atoms with Gasteiger partial charge in [-0.25, -0.2) is 0 Å². The summed E-state index contributed by atoms with van der Waals surface area (Å²) in [5.41, 5.74) is 2.44. The maximum Gasteiger partial charge on any atom is 0.123 e. The van der Waals surface area contributed by atoms with E-state index in [9.17, 15) is 0 Å². The highest BCUT2D eigenvalue weighted by Gasteiger charge is 2.32. The second-order valence-corrected chi connectivity index (χ2v) is 7.66. The third kappa shape index (κ3) is 2.32. The molecule has 0 aliphatic carbocycles. The summed E-state index contributed by atoms with van der Waals surface area (Å²) in [6, 6.07) is 8.32. The second kappa shape index (κ2) is 4.80. The molecule has 0 bridgehead atoms. The summed E-state index contributed by atoms with van der Waals surface area (Å²) < 4.78 is 6.79. The molecule has 19 heavy (non-hydrogen) atoms. The molecular formula is C15H14BrClOS. The van der Waals surface area contributed by atoms with E-state index in [1.807, 2.05) is 12.1 Å². The molecule has 1 aliphatic rings. The van der Waals surface area contributed by atoms with Crippen molar-refractivity contribution in [3.8, 4) is 5.75 Å². The van der Waals surface area contributed by atoms with Crippen LogP contribution in [0.1, 0.15) is 35.2 Å². The largest absolute Gasteiger partial charge is 0.492 e. The van der Waals surface area contributed by atoms with E-state index in [1.165, 1.54) is 5.56 Å². The van der Waals surface area contributed by atoms with E-state index in [4.69, 9.17) is 16.3 Å². The van der Waals surface area contributed by atoms with Crippen LogP contribution < -0.4 is 4.74 Å². The molecule has 0 saturated heterocycles. The Hall–Kier alpha value is -0.510. The van der Waals surface area contributed by atoms with Crippen LogP contribution in [-0.2, 0) is 5.41 Å². The Balaban J connectivity index is 2.02. The molecule has 0 radical (unpaired) electrons. The van der Waals surface area contributed by atoms with Gasteiger partial charge in [0.05, 0.1) is 12.0 Å². The van der Waals surface area contributed by atoms with Crippen molar-refractivity contribution in [1.29, 1.82) is 0 Å². The van der Waals surface area contributed by atoms with Gasteiger partial charge >= 0.3 is 0 Å². The van der Waals surface area contributed by atoms with Crippen LogP contribution in [0.2, 0.25) is 0 Å². The molecule has 1 aromatic heterocycles. The Morgan fingerprint density at radius 1 is 1.37 bits per heavy atom. The summed E-state index contributed by atoms with van der Waals surface area (Å²) in [6.45, 7) is 5.14. The van der Waals surface area contributed by atoms with Crippen LogP contribution in [0.25, 0.3) is 0 Å². The van der Waals surface area contributed by atoms with Crippen molar-refractivity contribution in [2.24, 2.45) is 0 Å². The minimum absolute atomic E-state index is 0.0641. The van der Waals surface area contributed by atoms with Gasteiger partial charge in [-0.3, -0.25) is 0 Å². The van der Waals surface area contributed by atoms with Gasteiger partial charge in [-0.15, -0.1) is 22.9 Å². The minimum atomic E-state index is -0.115. The predicted molar refractivity (Wildman–Crippen MR) is 84.7 cm³/mol. The van der Waals surface area contributed by atoms with Crippen LogP contribution in [0.4, 0.5) is 0 Å². The number of halogens is 2. The SMILES string of the molecule is CC1(C)COc2ccc(C(Cl)c3sccc3Br)cc21. The van der Waals surface area contributed by atoms with Crippen LogP contribution in [0.15, 0.2) is 34.1 Å². The number of ether oxygens (including phenoxy) is 1. The monoisotopic (exact) mass is 356 g/mol. The molecule has 3 rings (SSSR count). The highest BCUT2D eigenvalue weighted by Crippen LogP contribution is 2.43. The maximum absolute atomic E-state index is 6.61. The quantitative estimate of drug-likeness (QED) is 0.644. The molecule has 0 amide bonds. The van der Waals surface area contributed by atoms with E-state index in [2.05, 4.69) is 47.3 Å². The first kappa shape index (κ1) is 13.5. The lowest BCUT2D eigenvalue weighted by Gasteiger charge is -2.17. The van der Waals surface area contributed by atoms with Crippen LogP contribution in [0, 0.1) is 0 Å². The molecular weight excluding hydrogens is 344 g/mol. The number of thiophene rings is 1. The zero-order valence-electron chi connectivity index (χ0n) is 10.7. The highest BCUT2D eigenvalue weighted by molar-refractivity contribution is 9.10. The summed E-state index contributed by atoms with van der Waals surface area (Å²) in [6.07, 6.45) is 0. The van der Waals surface area contributed by atoms with Crippen LogP contribution >= 0.6 is 38.9 Å². The van der Waals surface area contributed by atoms with Gasteiger partial charge in [-0.2, -0.15) is 0 Å². The molecule has 2 heterocycles. The van der Waals surface area contributed by atoms with Crippen molar-refractivity contribution in [3.63, 3.8) is 0 Å². The third-order valence-corrected chi connectivity index (χ3v) is 6.02. The fourth-order valence-corrected chi connectivity index (χ4v) is 4.48. The molecule has 1 unspecified atom stereocenters. The zero-order chi connectivity index (χ0) is 13.6. The van der Waals surface area contributed by atoms with Gasteiger partial charge in [0, 0.05) is 20.3 Å². The van der Waals surface area contributed by atoms with Crippen molar-refractivity contribution >= 4 is 38.9 Å². The van der Waals surface area contributed by atoms with Gasteiger partial charge in [0.2, 0.25) is 0 Å². The van der Waals surface area contributed by atoms with Crippen molar-refractivity contribution in [3.05, 3.63) is 50.1 Å². The Morgan fingerprint density at radius 2 is 2.16 bits per heavy atom. The fraction of sp³-hybridized carbons (Fsp3) is 0.333. The Morgan fingerprint density at radius 3 is 2.84 bits per heavy atom. The minimum Gasteiger partial charge on any atom is -0.492 e. The van der Waals surface area contributed by atoms with Gasteiger partial charge < -0.3 is 4.74 Å². The number of fused-ring (bicyclic) bond motifs is 1. The normalized spacial score (nSPS) is 17.9. The molecule has 4 heteroatoms. The predicted octanol–water partition coefficient (Wildman–Crippen LogP) is 5.51. The van der Waals surface area contributed by atoms with Crippen molar-refractivity contribution in [2.75, 3.05) is 6.61 Å². The van der Waals surface area contributed by atoms with Gasteiger partial charge in [0.1, 0.15) is 5.75 Å². The number of rotatable bonds is 2. The maximum atomic E-state index is 6.61. The van der Waals surface area contributed by atoms with Crippen molar-refractivity contribution in [2.45, 2.75) is 24.6 Å². The Kier molecular flexibility index (Phi) is 3.40. The van der Waals surface area contributed by atoms with Gasteiger partial charge in [0.15, 0.2) is 0 Å². The van der Waals surface area contributed by atoms with Crippen molar-refractivity contribution < 1.29 is 4.74 Å². The summed E-state index contributed by atoms with van der Waals surface area (Å²) in [5, 5.41) is 1.94. The molecule has 1 aliphatic heterocycles. The molecule has 1 atom stereocenters. The van der Waals surface area contributed by atoms with E-state index in [-0.39, 0.29) is 10.8 Å². The summed E-state index contributed by atoms with van der Waals surface area (Å²) in [7, 11) is 0. The molecule has 1 nitrogen and oxygen atoms in total. The van der Waals surface area contributed by atoms with Crippen LogP contribution in [0.5, 0.6) is 5.75 Å². The van der Waals surface area contributed by atoms with E-state index < -0.39 is 0 Å². The number of hydrogen-bond acceptors (Lipinski definition) is 2. The average Bonchev–Trinajstić information content (AvgIpc) is 2.93. The Bertz CT molecular complexity index is 620. The average molecular weight is 358 g/mol. The topological polar surface area (TPSA) is 9.23 Å². The lowest BCUT2D eigenvalue weighted by atomic mass is 9.86. The van der Waals surface area contributed by atoms with E-state index in [1.54, 1.807) is 11.3 Å². The first-order valence-electron chi connectivity index (χ1n) is 6.13. The van der Waals surface area contributed by atoms with Gasteiger partial charge in [-0.1, -0.05) is 19.9 Å². The van der Waals surface area contributed by atoms with Crippen LogP contribution in [-0.4, -0.2) is 6.61 Å². The number of hydrogen-bond donors (Lipinski definition) is 0. The van der Waals surface area contributed by atoms with E-state index in [0.717, 1.165) is 27.3 Å². The first-order valence-corrected chi connectivity index (χ1v) is 8.24. The smallest absolute Gasteiger partial charge is 0.123 e. The lowest BCUT2D eigenvalue weighted by Crippen LogP contribution is -2.18. The fourth-order valence-electron chi connectivity index (χ4n) is 2.33. The highest BCUT2D eigenvalue weighted by atomic mass is 79.9. The molecule has 0 N–H and O–H groups in total. The first-order chi connectivity index (χ1) is 8.99. The standard InChI is InChI=1S/C15H14BrClOS/c1-15(2)8-18-12-4-3-9(7-10(12)15)13(17)14-11(16)5-6-19-14/h3-7,13H,8H2,1-2H3. The zero-order valence-corrected chi connectivity index (χ0v) is 13.9. The number of alkyl halides is 1.